The molecule has 1 atom stereocenters. The maximum atomic E-state index is 12.3. The number of methoxy groups -OCH3 is 1. The van der Waals surface area contributed by atoms with Crippen LogP contribution >= 0.6 is 11.3 Å². The molecule has 6 nitrogen and oxygen atoms in total. The number of fused-ring (bicyclic) bond motifs is 1. The summed E-state index contributed by atoms with van der Waals surface area (Å²) in [6, 6.07) is 16.1. The Bertz CT molecular complexity index is 1030. The van der Waals surface area contributed by atoms with Crippen molar-refractivity contribution in [1.82, 2.24) is 5.32 Å². The number of hydrogen-bond donors (Lipinski definition) is 1. The first-order valence-electron chi connectivity index (χ1n) is 8.94. The fourth-order valence-corrected chi connectivity index (χ4v) is 4.35. The van der Waals surface area contributed by atoms with Gasteiger partial charge in [-0.15, -0.1) is 11.3 Å². The molecule has 0 spiro atoms. The van der Waals surface area contributed by atoms with E-state index < -0.39 is 0 Å². The third-order valence-corrected chi connectivity index (χ3v) is 5.79. The number of nitrogens with one attached hydrogen (secondary N) is 1. The van der Waals surface area contributed by atoms with E-state index >= 15 is 0 Å². The lowest BCUT2D eigenvalue weighted by atomic mass is 10.0. The van der Waals surface area contributed by atoms with Crippen LogP contribution in [0.1, 0.15) is 6.92 Å². The molecular weight excluding hydrogens is 376 g/mol. The van der Waals surface area contributed by atoms with Gasteiger partial charge in [-0.3, -0.25) is 9.69 Å². The molecule has 3 aromatic rings. The van der Waals surface area contributed by atoms with Gasteiger partial charge in [0, 0.05) is 17.0 Å². The molecule has 0 radical (unpaired) electrons. The van der Waals surface area contributed by atoms with Crippen molar-refractivity contribution in [2.24, 2.45) is 0 Å². The molecule has 0 aliphatic carbocycles. The van der Waals surface area contributed by atoms with Crippen molar-refractivity contribution < 1.29 is 19.1 Å². The summed E-state index contributed by atoms with van der Waals surface area (Å²) in [7, 11) is 1.65. The number of benzene rings is 2. The van der Waals surface area contributed by atoms with Crippen molar-refractivity contribution in [2.45, 2.75) is 13.0 Å². The van der Waals surface area contributed by atoms with Crippen LogP contribution < -0.4 is 15.0 Å². The molecule has 0 bridgehead atoms. The number of amides is 2. The summed E-state index contributed by atoms with van der Waals surface area (Å²) in [6.07, 6.45) is -0.726. The molecule has 2 aromatic carbocycles. The largest absolute Gasteiger partial charge is 0.497 e. The fourth-order valence-electron chi connectivity index (χ4n) is 3.27. The topological polar surface area (TPSA) is 67.9 Å². The molecule has 0 saturated carbocycles. The summed E-state index contributed by atoms with van der Waals surface area (Å²) < 4.78 is 11.7. The minimum Gasteiger partial charge on any atom is -0.497 e. The van der Waals surface area contributed by atoms with Crippen LogP contribution in [-0.4, -0.2) is 38.3 Å². The van der Waals surface area contributed by atoms with E-state index in [1.807, 2.05) is 42.5 Å². The number of hydrogen-bond acceptors (Lipinski definition) is 5. The van der Waals surface area contributed by atoms with Crippen LogP contribution in [0.2, 0.25) is 0 Å². The molecule has 2 amide bonds. The van der Waals surface area contributed by atoms with Gasteiger partial charge in [-0.1, -0.05) is 24.3 Å². The van der Waals surface area contributed by atoms with Gasteiger partial charge in [0.2, 0.25) is 5.91 Å². The average molecular weight is 396 g/mol. The number of thiophene rings is 1. The highest BCUT2D eigenvalue weighted by atomic mass is 32.1. The van der Waals surface area contributed by atoms with Crippen molar-refractivity contribution in [3.05, 3.63) is 48.5 Å². The molecule has 0 unspecified atom stereocenters. The van der Waals surface area contributed by atoms with Crippen LogP contribution in [0, 0.1) is 0 Å². The van der Waals surface area contributed by atoms with Gasteiger partial charge >= 0.3 is 6.09 Å². The third kappa shape index (κ3) is 3.53. The lowest BCUT2D eigenvalue weighted by Gasteiger charge is -2.10. The van der Waals surface area contributed by atoms with E-state index in [9.17, 15) is 9.59 Å². The zero-order valence-corrected chi connectivity index (χ0v) is 16.4. The summed E-state index contributed by atoms with van der Waals surface area (Å²) >= 11 is 1.55. The molecule has 144 valence electrons. The van der Waals surface area contributed by atoms with E-state index in [0.717, 1.165) is 32.0 Å². The average Bonchev–Trinajstić information content (AvgIpc) is 3.29. The van der Waals surface area contributed by atoms with Gasteiger partial charge in [-0.05, 0) is 35.4 Å². The molecule has 1 N–H and O–H groups in total. The van der Waals surface area contributed by atoms with E-state index in [2.05, 4.69) is 11.4 Å². The summed E-state index contributed by atoms with van der Waals surface area (Å²) in [5, 5.41) is 4.62. The summed E-state index contributed by atoms with van der Waals surface area (Å²) in [5.41, 5.74) is 2.19. The van der Waals surface area contributed by atoms with Crippen LogP contribution in [-0.2, 0) is 9.53 Å². The zero-order chi connectivity index (χ0) is 19.7. The Hall–Kier alpha value is -3.06. The van der Waals surface area contributed by atoms with Gasteiger partial charge in [0.25, 0.3) is 0 Å². The molecule has 1 aromatic heterocycles. The second-order valence-electron chi connectivity index (χ2n) is 6.58. The van der Waals surface area contributed by atoms with E-state index in [1.54, 1.807) is 23.3 Å². The molecule has 7 heteroatoms. The van der Waals surface area contributed by atoms with E-state index in [-0.39, 0.29) is 18.1 Å². The van der Waals surface area contributed by atoms with Crippen LogP contribution in [0.3, 0.4) is 0 Å². The minimum atomic E-state index is -0.382. The Morgan fingerprint density at radius 1 is 1.29 bits per heavy atom. The summed E-state index contributed by atoms with van der Waals surface area (Å²) in [6.45, 7) is 2.19. The Balaban J connectivity index is 1.63. The maximum Gasteiger partial charge on any atom is 0.415 e. The number of carbonyl (C=O) groups is 2. The van der Waals surface area contributed by atoms with Gasteiger partial charge in [0.05, 0.1) is 20.2 Å². The Labute approximate surface area is 166 Å². The van der Waals surface area contributed by atoms with Crippen molar-refractivity contribution >= 4 is 38.4 Å². The fraction of sp³-hybridized carbons (Fsp3) is 0.238. The van der Waals surface area contributed by atoms with Crippen molar-refractivity contribution in [3.8, 4) is 16.9 Å². The number of ether oxygens (including phenoxy) is 2. The highest BCUT2D eigenvalue weighted by Crippen LogP contribution is 2.39. The van der Waals surface area contributed by atoms with Crippen LogP contribution in [0.4, 0.5) is 9.80 Å². The second-order valence-corrected chi connectivity index (χ2v) is 7.65. The maximum absolute atomic E-state index is 12.3. The monoisotopic (exact) mass is 396 g/mol. The van der Waals surface area contributed by atoms with E-state index in [4.69, 9.17) is 9.47 Å². The van der Waals surface area contributed by atoms with E-state index in [0.29, 0.717) is 13.1 Å². The molecular formula is C21H20N2O4S. The van der Waals surface area contributed by atoms with Crippen molar-refractivity contribution in [2.75, 3.05) is 25.1 Å². The van der Waals surface area contributed by atoms with Crippen molar-refractivity contribution in [1.29, 1.82) is 0 Å². The van der Waals surface area contributed by atoms with Gasteiger partial charge in [-0.2, -0.15) is 0 Å². The SMILES string of the molecule is COc1ccc(-c2cccc3sc(N4C[C@H](CNC(C)=O)OC4=O)cc23)cc1. The first kappa shape index (κ1) is 18.3. The standard InChI is InChI=1S/C21H20N2O4S/c1-13(24)22-11-16-12-23(21(25)27-16)20-10-18-17(4-3-5-19(18)28-20)14-6-8-15(26-2)9-7-14/h3-10,16H,11-12H2,1-2H3,(H,22,24)/t16-/m0/s1. The lowest BCUT2D eigenvalue weighted by Crippen LogP contribution is -2.33. The van der Waals surface area contributed by atoms with Gasteiger partial charge < -0.3 is 14.8 Å². The first-order chi connectivity index (χ1) is 13.5. The number of anilines is 1. The predicted octanol–water partition coefficient (Wildman–Crippen LogP) is 4.04. The number of carbonyl (C=O) groups excluding carboxylic acids is 2. The first-order valence-corrected chi connectivity index (χ1v) is 9.76. The Morgan fingerprint density at radius 2 is 2.07 bits per heavy atom. The quantitative estimate of drug-likeness (QED) is 0.707. The minimum absolute atomic E-state index is 0.138. The van der Waals surface area contributed by atoms with Crippen LogP contribution in [0.5, 0.6) is 5.75 Å². The molecule has 1 fully saturated rings. The Kier molecular flexibility index (Phi) is 4.92. The normalized spacial score (nSPS) is 16.3. The lowest BCUT2D eigenvalue weighted by molar-refractivity contribution is -0.119. The van der Waals surface area contributed by atoms with Crippen LogP contribution in [0.25, 0.3) is 21.2 Å². The summed E-state index contributed by atoms with van der Waals surface area (Å²) in [5.74, 6) is 0.674. The molecule has 28 heavy (non-hydrogen) atoms. The smallest absolute Gasteiger partial charge is 0.415 e. The molecule has 4 rings (SSSR count). The molecule has 1 aliphatic rings. The summed E-state index contributed by atoms with van der Waals surface area (Å²) in [4.78, 5) is 25.0. The number of nitrogens with zero attached hydrogens (tertiary/aromatic N) is 1. The zero-order valence-electron chi connectivity index (χ0n) is 15.6. The van der Waals surface area contributed by atoms with Gasteiger partial charge in [-0.25, -0.2) is 4.79 Å². The Morgan fingerprint density at radius 3 is 2.79 bits per heavy atom. The predicted molar refractivity (Wildman–Crippen MR) is 110 cm³/mol. The molecule has 1 aliphatic heterocycles. The van der Waals surface area contributed by atoms with Gasteiger partial charge in [0.1, 0.15) is 16.9 Å². The molecule has 1 saturated heterocycles. The number of cyclic esters (lactones) is 1. The highest BCUT2D eigenvalue weighted by molar-refractivity contribution is 7.23. The highest BCUT2D eigenvalue weighted by Gasteiger charge is 2.33. The number of rotatable bonds is 5. The van der Waals surface area contributed by atoms with Crippen molar-refractivity contribution in [3.63, 3.8) is 0 Å². The molecule has 2 heterocycles. The van der Waals surface area contributed by atoms with E-state index in [1.165, 1.54) is 6.92 Å². The van der Waals surface area contributed by atoms with Crippen LogP contribution in [0.15, 0.2) is 48.5 Å². The van der Waals surface area contributed by atoms with Gasteiger partial charge in [0.15, 0.2) is 0 Å². The third-order valence-electron chi connectivity index (χ3n) is 4.67. The second kappa shape index (κ2) is 7.52.